The van der Waals surface area contributed by atoms with Crippen LogP contribution in [0.5, 0.6) is 0 Å². The van der Waals surface area contributed by atoms with Crippen LogP contribution in [0.3, 0.4) is 0 Å². The van der Waals surface area contributed by atoms with E-state index in [2.05, 4.69) is 15.6 Å². The van der Waals surface area contributed by atoms with E-state index in [0.717, 1.165) is 11.1 Å². The van der Waals surface area contributed by atoms with Gasteiger partial charge in [0.05, 0.1) is 11.3 Å². The Bertz CT molecular complexity index is 1160. The first-order valence-electron chi connectivity index (χ1n) is 11.2. The number of benzene rings is 2. The van der Waals surface area contributed by atoms with E-state index in [4.69, 9.17) is 16.7 Å². The van der Waals surface area contributed by atoms with Crippen LogP contribution in [-0.4, -0.2) is 39.5 Å². The highest BCUT2D eigenvalue weighted by molar-refractivity contribution is 6.30. The molecule has 3 rings (SSSR count). The average Bonchev–Trinajstić information content (AvgIpc) is 2.83. The van der Waals surface area contributed by atoms with Crippen LogP contribution in [0.2, 0.25) is 5.02 Å². The summed E-state index contributed by atoms with van der Waals surface area (Å²) in [5, 5.41) is 15.3. The number of hydrogen-bond acceptors (Lipinski definition) is 4. The molecule has 0 aliphatic heterocycles. The Morgan fingerprint density at radius 1 is 1.00 bits per heavy atom. The van der Waals surface area contributed by atoms with Crippen molar-refractivity contribution in [1.29, 1.82) is 0 Å². The molecule has 1 atom stereocenters. The van der Waals surface area contributed by atoms with Crippen LogP contribution in [-0.2, 0) is 16.0 Å². The molecule has 0 unspecified atom stereocenters. The normalized spacial score (nSPS) is 12.0. The maximum atomic E-state index is 13.1. The lowest BCUT2D eigenvalue weighted by atomic mass is 9.94. The number of amides is 2. The van der Waals surface area contributed by atoms with E-state index < -0.39 is 29.4 Å². The maximum Gasteiger partial charge on any atom is 0.303 e. The Labute approximate surface area is 209 Å². The van der Waals surface area contributed by atoms with Gasteiger partial charge in [-0.3, -0.25) is 19.4 Å². The number of pyridine rings is 1. The van der Waals surface area contributed by atoms with Gasteiger partial charge in [0.2, 0.25) is 5.91 Å². The van der Waals surface area contributed by atoms with Crippen LogP contribution in [0.25, 0.3) is 11.3 Å². The number of rotatable bonds is 10. The summed E-state index contributed by atoms with van der Waals surface area (Å²) in [4.78, 5) is 41.4. The van der Waals surface area contributed by atoms with Gasteiger partial charge in [-0.25, -0.2) is 0 Å². The van der Waals surface area contributed by atoms with E-state index in [0.29, 0.717) is 17.1 Å². The zero-order valence-electron chi connectivity index (χ0n) is 19.6. The molecule has 182 valence electrons. The smallest absolute Gasteiger partial charge is 0.303 e. The number of halogens is 1. The number of aliphatic carboxylic acids is 1. The third-order valence-corrected chi connectivity index (χ3v) is 5.64. The molecule has 0 saturated heterocycles. The van der Waals surface area contributed by atoms with E-state index in [1.54, 1.807) is 24.3 Å². The van der Waals surface area contributed by atoms with Crippen molar-refractivity contribution in [2.24, 2.45) is 0 Å². The molecule has 0 spiro atoms. The molecular weight excluding hydrogens is 466 g/mol. The lowest BCUT2D eigenvalue weighted by Crippen LogP contribution is -2.54. The van der Waals surface area contributed by atoms with E-state index in [1.165, 1.54) is 6.20 Å². The monoisotopic (exact) mass is 493 g/mol. The molecule has 0 aliphatic carbocycles. The molecule has 2 amide bonds. The second-order valence-electron chi connectivity index (χ2n) is 8.93. The summed E-state index contributed by atoms with van der Waals surface area (Å²) in [6.07, 6.45) is 1.66. The van der Waals surface area contributed by atoms with Crippen molar-refractivity contribution in [1.82, 2.24) is 15.6 Å². The van der Waals surface area contributed by atoms with Crippen molar-refractivity contribution < 1.29 is 19.5 Å². The third kappa shape index (κ3) is 7.93. The zero-order valence-corrected chi connectivity index (χ0v) is 20.4. The third-order valence-electron chi connectivity index (χ3n) is 5.38. The summed E-state index contributed by atoms with van der Waals surface area (Å²) in [6.45, 7) is 3.73. The fraction of sp³-hybridized carbons (Fsp3) is 0.259. The van der Waals surface area contributed by atoms with Gasteiger partial charge in [0.1, 0.15) is 6.04 Å². The SMILES string of the molecule is CC(C)(Cc1ccc(Cl)cc1)NC(=O)[C@H](CCC(=O)O)NC(=O)c1ccc(-c2ccccc2)nc1. The van der Waals surface area contributed by atoms with Crippen LogP contribution >= 0.6 is 11.6 Å². The lowest BCUT2D eigenvalue weighted by Gasteiger charge is -2.29. The van der Waals surface area contributed by atoms with Crippen LogP contribution in [0.4, 0.5) is 0 Å². The zero-order chi connectivity index (χ0) is 25.4. The summed E-state index contributed by atoms with van der Waals surface area (Å²) in [5.41, 5.74) is 2.25. The van der Waals surface area contributed by atoms with Crippen LogP contribution in [0, 0.1) is 0 Å². The molecule has 0 saturated carbocycles. The largest absolute Gasteiger partial charge is 0.481 e. The number of aromatic nitrogens is 1. The van der Waals surface area contributed by atoms with Crippen molar-refractivity contribution in [3.63, 3.8) is 0 Å². The van der Waals surface area contributed by atoms with E-state index >= 15 is 0 Å². The second-order valence-corrected chi connectivity index (χ2v) is 9.37. The highest BCUT2D eigenvalue weighted by atomic mass is 35.5. The Kier molecular flexibility index (Phi) is 8.60. The molecule has 1 heterocycles. The number of carbonyl (C=O) groups is 3. The van der Waals surface area contributed by atoms with Gasteiger partial charge in [0.15, 0.2) is 0 Å². The summed E-state index contributed by atoms with van der Waals surface area (Å²) in [5.74, 6) is -2.00. The van der Waals surface area contributed by atoms with Crippen molar-refractivity contribution >= 4 is 29.4 Å². The molecule has 2 aromatic carbocycles. The minimum Gasteiger partial charge on any atom is -0.481 e. The van der Waals surface area contributed by atoms with Crippen LogP contribution in [0.15, 0.2) is 72.9 Å². The van der Waals surface area contributed by atoms with E-state index in [1.807, 2.05) is 56.3 Å². The summed E-state index contributed by atoms with van der Waals surface area (Å²) in [7, 11) is 0. The molecule has 3 aromatic rings. The Balaban J connectivity index is 1.69. The van der Waals surface area contributed by atoms with Gasteiger partial charge in [0.25, 0.3) is 5.91 Å². The van der Waals surface area contributed by atoms with Crippen LogP contribution < -0.4 is 10.6 Å². The lowest BCUT2D eigenvalue weighted by molar-refractivity contribution is -0.137. The van der Waals surface area contributed by atoms with Gasteiger partial charge in [-0.15, -0.1) is 0 Å². The Morgan fingerprint density at radius 2 is 1.69 bits per heavy atom. The van der Waals surface area contributed by atoms with Gasteiger partial charge >= 0.3 is 5.97 Å². The fourth-order valence-corrected chi connectivity index (χ4v) is 3.79. The van der Waals surface area contributed by atoms with Gasteiger partial charge in [-0.05, 0) is 56.5 Å². The summed E-state index contributed by atoms with van der Waals surface area (Å²) in [6, 6.07) is 19.2. The van der Waals surface area contributed by atoms with Gasteiger partial charge in [-0.2, -0.15) is 0 Å². The molecule has 0 bridgehead atoms. The first kappa shape index (κ1) is 25.9. The predicted molar refractivity (Wildman–Crippen MR) is 135 cm³/mol. The number of carbonyl (C=O) groups excluding carboxylic acids is 2. The van der Waals surface area contributed by atoms with E-state index in [9.17, 15) is 14.4 Å². The fourth-order valence-electron chi connectivity index (χ4n) is 3.66. The topological polar surface area (TPSA) is 108 Å². The molecule has 3 N–H and O–H groups in total. The number of nitrogens with one attached hydrogen (secondary N) is 2. The summed E-state index contributed by atoms with van der Waals surface area (Å²) >= 11 is 5.95. The quantitative estimate of drug-likeness (QED) is 0.385. The minimum absolute atomic E-state index is 0.0422. The molecular formula is C27H28ClN3O4. The molecule has 1 aromatic heterocycles. The molecule has 8 heteroatoms. The van der Waals surface area contributed by atoms with Crippen LogP contribution in [0.1, 0.15) is 42.6 Å². The van der Waals surface area contributed by atoms with Gasteiger partial charge in [0, 0.05) is 28.7 Å². The number of nitrogens with zero attached hydrogens (tertiary/aromatic N) is 1. The number of hydrogen-bond donors (Lipinski definition) is 3. The van der Waals surface area contributed by atoms with E-state index in [-0.39, 0.29) is 18.4 Å². The van der Waals surface area contributed by atoms with Crippen molar-refractivity contribution in [3.8, 4) is 11.3 Å². The Morgan fingerprint density at radius 3 is 2.29 bits per heavy atom. The first-order chi connectivity index (χ1) is 16.6. The predicted octanol–water partition coefficient (Wildman–Crippen LogP) is 4.50. The standard InChI is InChI=1S/C27H28ClN3O4/c1-27(2,16-18-8-11-21(28)12-9-18)31-26(35)23(14-15-24(32)33)30-25(34)20-10-13-22(29-17-20)19-6-4-3-5-7-19/h3-13,17,23H,14-16H2,1-2H3,(H,30,34)(H,31,35)(H,32,33)/t23-/m0/s1. The molecule has 0 fully saturated rings. The van der Waals surface area contributed by atoms with Crippen molar-refractivity contribution in [3.05, 3.63) is 89.1 Å². The second kappa shape index (κ2) is 11.6. The van der Waals surface area contributed by atoms with Crippen molar-refractivity contribution in [2.75, 3.05) is 0 Å². The highest BCUT2D eigenvalue weighted by Crippen LogP contribution is 2.18. The minimum atomic E-state index is -1.05. The van der Waals surface area contributed by atoms with Gasteiger partial charge in [-0.1, -0.05) is 54.1 Å². The summed E-state index contributed by atoms with van der Waals surface area (Å²) < 4.78 is 0. The molecule has 0 radical (unpaired) electrons. The first-order valence-corrected chi connectivity index (χ1v) is 11.6. The highest BCUT2D eigenvalue weighted by Gasteiger charge is 2.28. The number of carboxylic acid groups (broad SMARTS) is 1. The Hall–Kier alpha value is -3.71. The molecule has 7 nitrogen and oxygen atoms in total. The molecule has 0 aliphatic rings. The van der Waals surface area contributed by atoms with Crippen molar-refractivity contribution in [2.45, 2.75) is 44.7 Å². The number of carboxylic acids is 1. The van der Waals surface area contributed by atoms with Gasteiger partial charge < -0.3 is 15.7 Å². The average molecular weight is 494 g/mol. The maximum absolute atomic E-state index is 13.1. The molecule has 35 heavy (non-hydrogen) atoms.